The Morgan fingerprint density at radius 3 is 2.16 bits per heavy atom. The Hall–Kier alpha value is -3.30. The Morgan fingerprint density at radius 1 is 0.947 bits per heavy atom. The van der Waals surface area contributed by atoms with Crippen LogP contribution in [0.5, 0.6) is 0 Å². The molecule has 1 atom stereocenters. The van der Waals surface area contributed by atoms with E-state index in [0.29, 0.717) is 12.1 Å². The number of likely N-dealkylation sites (N-methyl/N-ethyl adjacent to an activating group) is 1. The summed E-state index contributed by atoms with van der Waals surface area (Å²) in [6.07, 6.45) is 2.30. The number of rotatable bonds is 11. The molecule has 0 saturated heterocycles. The fraction of sp³-hybridized carbons (Fsp3) is 0.310. The van der Waals surface area contributed by atoms with Gasteiger partial charge in [-0.25, -0.2) is 8.42 Å². The van der Waals surface area contributed by atoms with Crippen molar-refractivity contribution >= 4 is 39.3 Å². The lowest BCUT2D eigenvalue weighted by Gasteiger charge is -2.33. The Bertz CT molecular complexity index is 1360. The summed E-state index contributed by atoms with van der Waals surface area (Å²) in [7, 11) is -2.55. The zero-order chi connectivity index (χ0) is 27.9. The number of amides is 2. The smallest absolute Gasteiger partial charge is 0.264 e. The largest absolute Gasteiger partial charge is 0.357 e. The summed E-state index contributed by atoms with van der Waals surface area (Å²) in [4.78, 5) is 29.2. The summed E-state index contributed by atoms with van der Waals surface area (Å²) in [5.74, 6) is -0.766. The van der Waals surface area contributed by atoms with Crippen molar-refractivity contribution in [1.29, 1.82) is 0 Å². The van der Waals surface area contributed by atoms with Crippen molar-refractivity contribution in [2.24, 2.45) is 0 Å². The third-order valence-electron chi connectivity index (χ3n) is 6.32. The zero-order valence-corrected chi connectivity index (χ0v) is 24.1. The number of anilines is 1. The Morgan fingerprint density at radius 2 is 1.61 bits per heavy atom. The van der Waals surface area contributed by atoms with Crippen LogP contribution in [-0.2, 0) is 26.2 Å². The van der Waals surface area contributed by atoms with Crippen molar-refractivity contribution < 1.29 is 18.0 Å². The standard InChI is InChI=1S/C29H35N3O4S2/c1-6-27(29(34)30-4)31(19-23-9-7-8-22(3)18-23)28(33)20-32(24-12-10-21(2)11-13-24)38(35,36)26-16-14-25(37-5)15-17-26/h7-18,27H,6,19-20H2,1-5H3,(H,30,34)/t27-/m1/s1. The molecule has 0 fully saturated rings. The molecule has 9 heteroatoms. The first-order chi connectivity index (χ1) is 18.1. The molecule has 0 saturated carbocycles. The molecule has 0 spiro atoms. The molecule has 3 rings (SSSR count). The van der Waals surface area contributed by atoms with E-state index in [1.807, 2.05) is 63.4 Å². The van der Waals surface area contributed by atoms with Crippen LogP contribution in [0.1, 0.15) is 30.0 Å². The average molecular weight is 554 g/mol. The van der Waals surface area contributed by atoms with E-state index in [2.05, 4.69) is 5.32 Å². The molecule has 3 aromatic rings. The van der Waals surface area contributed by atoms with E-state index in [0.717, 1.165) is 25.9 Å². The van der Waals surface area contributed by atoms with Gasteiger partial charge in [0.15, 0.2) is 0 Å². The van der Waals surface area contributed by atoms with Crippen molar-refractivity contribution in [2.45, 2.75) is 49.6 Å². The first-order valence-electron chi connectivity index (χ1n) is 12.4. The molecule has 2 amide bonds. The van der Waals surface area contributed by atoms with Gasteiger partial charge in [0.25, 0.3) is 10.0 Å². The van der Waals surface area contributed by atoms with Crippen LogP contribution in [0.3, 0.4) is 0 Å². The maximum atomic E-state index is 13.9. The van der Waals surface area contributed by atoms with Gasteiger partial charge in [-0.3, -0.25) is 13.9 Å². The van der Waals surface area contributed by atoms with E-state index in [1.165, 1.54) is 23.7 Å². The van der Waals surface area contributed by atoms with Crippen molar-refractivity contribution in [2.75, 3.05) is 24.2 Å². The zero-order valence-electron chi connectivity index (χ0n) is 22.5. The Kier molecular flexibility index (Phi) is 9.99. The number of hydrogen-bond acceptors (Lipinski definition) is 5. The molecule has 0 aliphatic heterocycles. The minimum atomic E-state index is -4.08. The summed E-state index contributed by atoms with van der Waals surface area (Å²) in [6, 6.07) is 20.6. The molecule has 0 radical (unpaired) electrons. The van der Waals surface area contributed by atoms with Gasteiger partial charge in [0.2, 0.25) is 11.8 Å². The van der Waals surface area contributed by atoms with Gasteiger partial charge in [0.05, 0.1) is 10.6 Å². The number of aryl methyl sites for hydroxylation is 2. The quantitative estimate of drug-likeness (QED) is 0.346. The molecule has 0 aliphatic rings. The van der Waals surface area contributed by atoms with Crippen LogP contribution in [0.15, 0.2) is 82.6 Å². The number of benzene rings is 3. The Labute approximate surface area is 230 Å². The second-order valence-corrected chi connectivity index (χ2v) is 11.8. The average Bonchev–Trinajstić information content (AvgIpc) is 2.91. The Balaban J connectivity index is 2.05. The van der Waals surface area contributed by atoms with Crippen molar-refractivity contribution in [1.82, 2.24) is 10.2 Å². The lowest BCUT2D eigenvalue weighted by Crippen LogP contribution is -2.51. The van der Waals surface area contributed by atoms with Crippen LogP contribution in [0.25, 0.3) is 0 Å². The fourth-order valence-corrected chi connectivity index (χ4v) is 6.03. The molecule has 0 aliphatic carbocycles. The van der Waals surface area contributed by atoms with Crippen LogP contribution < -0.4 is 9.62 Å². The number of thioether (sulfide) groups is 1. The number of hydrogen-bond donors (Lipinski definition) is 1. The number of nitrogens with one attached hydrogen (secondary N) is 1. The first-order valence-corrected chi connectivity index (χ1v) is 15.1. The third-order valence-corrected chi connectivity index (χ3v) is 8.85. The summed E-state index contributed by atoms with van der Waals surface area (Å²) in [5.41, 5.74) is 3.23. The van der Waals surface area contributed by atoms with Gasteiger partial charge in [-0.05, 0) is 68.5 Å². The van der Waals surface area contributed by atoms with Gasteiger partial charge < -0.3 is 10.2 Å². The van der Waals surface area contributed by atoms with Crippen molar-refractivity contribution in [3.8, 4) is 0 Å². The molecule has 0 heterocycles. The highest BCUT2D eigenvalue weighted by Crippen LogP contribution is 2.27. The fourth-order valence-electron chi connectivity index (χ4n) is 4.21. The van der Waals surface area contributed by atoms with Gasteiger partial charge in [-0.2, -0.15) is 0 Å². The van der Waals surface area contributed by atoms with Crippen LogP contribution in [0.2, 0.25) is 0 Å². The van der Waals surface area contributed by atoms with Gasteiger partial charge >= 0.3 is 0 Å². The van der Waals surface area contributed by atoms with Gasteiger partial charge in [-0.15, -0.1) is 11.8 Å². The highest BCUT2D eigenvalue weighted by Gasteiger charge is 2.33. The molecule has 38 heavy (non-hydrogen) atoms. The minimum absolute atomic E-state index is 0.0900. The second-order valence-electron chi connectivity index (χ2n) is 9.07. The van der Waals surface area contributed by atoms with E-state index in [-0.39, 0.29) is 17.3 Å². The topological polar surface area (TPSA) is 86.8 Å². The third kappa shape index (κ3) is 6.96. The monoisotopic (exact) mass is 553 g/mol. The maximum absolute atomic E-state index is 13.9. The SMILES string of the molecule is CC[C@H](C(=O)NC)N(Cc1cccc(C)c1)C(=O)CN(c1ccc(C)cc1)S(=O)(=O)c1ccc(SC)cc1. The van der Waals surface area contributed by atoms with Gasteiger partial charge in [-0.1, -0.05) is 54.4 Å². The van der Waals surface area contributed by atoms with Crippen LogP contribution in [0.4, 0.5) is 5.69 Å². The van der Waals surface area contributed by atoms with Crippen LogP contribution in [0, 0.1) is 13.8 Å². The first kappa shape index (κ1) is 29.3. The molecule has 202 valence electrons. The van der Waals surface area contributed by atoms with E-state index in [1.54, 1.807) is 36.4 Å². The summed E-state index contributed by atoms with van der Waals surface area (Å²) in [6.45, 7) is 5.43. The summed E-state index contributed by atoms with van der Waals surface area (Å²) < 4.78 is 28.9. The highest BCUT2D eigenvalue weighted by molar-refractivity contribution is 7.98. The lowest BCUT2D eigenvalue weighted by atomic mass is 10.1. The van der Waals surface area contributed by atoms with Gasteiger partial charge in [0.1, 0.15) is 12.6 Å². The van der Waals surface area contributed by atoms with E-state index in [9.17, 15) is 18.0 Å². The predicted molar refractivity (Wildman–Crippen MR) is 154 cm³/mol. The number of sulfonamides is 1. The molecule has 0 aromatic heterocycles. The molecule has 3 aromatic carbocycles. The predicted octanol–water partition coefficient (Wildman–Crippen LogP) is 4.77. The lowest BCUT2D eigenvalue weighted by molar-refractivity contribution is -0.140. The molecular formula is C29H35N3O4S2. The van der Waals surface area contributed by atoms with Crippen molar-refractivity contribution in [3.63, 3.8) is 0 Å². The van der Waals surface area contributed by atoms with E-state index >= 15 is 0 Å². The van der Waals surface area contributed by atoms with Crippen molar-refractivity contribution in [3.05, 3.63) is 89.5 Å². The molecular weight excluding hydrogens is 518 g/mol. The second kappa shape index (κ2) is 13.0. The maximum Gasteiger partial charge on any atom is 0.264 e. The minimum Gasteiger partial charge on any atom is -0.357 e. The number of carbonyl (C=O) groups is 2. The summed E-state index contributed by atoms with van der Waals surface area (Å²) >= 11 is 1.51. The molecule has 1 N–H and O–H groups in total. The number of carbonyl (C=O) groups excluding carboxylic acids is 2. The summed E-state index contributed by atoms with van der Waals surface area (Å²) in [5, 5.41) is 2.64. The number of nitrogens with zero attached hydrogens (tertiary/aromatic N) is 2. The van der Waals surface area contributed by atoms with Crippen LogP contribution in [-0.4, -0.2) is 51.0 Å². The van der Waals surface area contributed by atoms with Gasteiger partial charge in [0, 0.05) is 18.5 Å². The van der Waals surface area contributed by atoms with E-state index < -0.39 is 28.5 Å². The normalized spacial score (nSPS) is 12.0. The molecule has 0 unspecified atom stereocenters. The van der Waals surface area contributed by atoms with Crippen LogP contribution >= 0.6 is 11.8 Å². The highest BCUT2D eigenvalue weighted by atomic mass is 32.2. The molecule has 7 nitrogen and oxygen atoms in total. The molecule has 0 bridgehead atoms. The van der Waals surface area contributed by atoms with E-state index in [4.69, 9.17) is 0 Å².